The molecule has 2 aliphatic rings. The van der Waals surface area contributed by atoms with Crippen molar-refractivity contribution in [2.45, 2.75) is 73.1 Å². The Kier molecular flexibility index (Phi) is 7.35. The van der Waals surface area contributed by atoms with E-state index in [0.29, 0.717) is 0 Å². The molecular weight excluding hydrogens is 645 g/mol. The Balaban J connectivity index is 1.44. The van der Waals surface area contributed by atoms with Crippen molar-refractivity contribution in [1.29, 1.82) is 0 Å². The van der Waals surface area contributed by atoms with Crippen LogP contribution in [0.1, 0.15) is 69.4 Å². The largest absolute Gasteiger partial charge is 0.311 e. The minimum absolute atomic E-state index is 0.0119. The summed E-state index contributed by atoms with van der Waals surface area (Å²) in [5.41, 5.74) is 21.5. The number of hydrogen-bond acceptors (Lipinski definition) is 2. The molecule has 0 bridgehead atoms. The number of hydrogen-bond donors (Lipinski definition) is 0. The van der Waals surface area contributed by atoms with Crippen LogP contribution in [-0.2, 0) is 10.8 Å². The second kappa shape index (κ2) is 11.6. The van der Waals surface area contributed by atoms with Crippen molar-refractivity contribution in [3.8, 4) is 32.7 Å². The van der Waals surface area contributed by atoms with Crippen molar-refractivity contribution >= 4 is 61.6 Å². The zero-order valence-corrected chi connectivity index (χ0v) is 32.7. The molecule has 0 amide bonds. The van der Waals surface area contributed by atoms with Gasteiger partial charge in [-0.25, -0.2) is 0 Å². The van der Waals surface area contributed by atoms with E-state index in [1.54, 1.807) is 0 Å². The van der Waals surface area contributed by atoms with Gasteiger partial charge in [0.25, 0.3) is 0 Å². The van der Waals surface area contributed by atoms with Gasteiger partial charge in [-0.15, -0.1) is 11.3 Å². The molecule has 3 heteroatoms. The molecule has 0 radical (unpaired) electrons. The van der Waals surface area contributed by atoms with Crippen LogP contribution in [0.3, 0.4) is 0 Å². The summed E-state index contributed by atoms with van der Waals surface area (Å²) < 4.78 is 1.37. The molecule has 256 valence electrons. The number of anilines is 3. The minimum atomic E-state index is 0.0119. The number of aryl methyl sites for hydroxylation is 3. The zero-order valence-electron chi connectivity index (χ0n) is 31.9. The van der Waals surface area contributed by atoms with Crippen molar-refractivity contribution in [3.63, 3.8) is 0 Å². The molecule has 6 aromatic carbocycles. The predicted molar refractivity (Wildman–Crippen MR) is 229 cm³/mol. The van der Waals surface area contributed by atoms with Crippen LogP contribution < -0.4 is 21.3 Å². The van der Waals surface area contributed by atoms with E-state index >= 15 is 0 Å². The van der Waals surface area contributed by atoms with Gasteiger partial charge < -0.3 is 4.90 Å². The van der Waals surface area contributed by atoms with E-state index < -0.39 is 0 Å². The smallest absolute Gasteiger partial charge is 0.250 e. The van der Waals surface area contributed by atoms with Crippen LogP contribution in [0.15, 0.2) is 115 Å². The first kappa shape index (κ1) is 33.0. The summed E-state index contributed by atoms with van der Waals surface area (Å²) in [5, 5.41) is 1.42. The van der Waals surface area contributed by atoms with E-state index in [1.165, 1.54) is 104 Å². The maximum absolute atomic E-state index is 2.57. The van der Waals surface area contributed by atoms with Crippen LogP contribution in [0, 0.1) is 20.8 Å². The molecule has 0 spiro atoms. The lowest BCUT2D eigenvalue weighted by molar-refractivity contribution is 0.590. The van der Waals surface area contributed by atoms with Crippen molar-refractivity contribution in [2.24, 2.45) is 0 Å². The number of benzene rings is 6. The van der Waals surface area contributed by atoms with Gasteiger partial charge in [0.05, 0.1) is 0 Å². The summed E-state index contributed by atoms with van der Waals surface area (Å²) in [6.07, 6.45) is 0. The quantitative estimate of drug-likeness (QED) is 0.167. The molecule has 1 nitrogen and oxygen atoms in total. The van der Waals surface area contributed by atoms with Gasteiger partial charge in [0.15, 0.2) is 0 Å². The fourth-order valence-corrected chi connectivity index (χ4v) is 10.3. The standard InChI is InChI=1S/C49H46BNS/c1-29-14-10-11-17-36(29)32-26-38-37-18-13-19-42-44(37)46(47(52-42)43-30(2)15-12-16-31(43)3)50-39-28-34(49(7,8)9)22-25-40(39)51(41(27-32)45(38)50)35-23-20-33(21-24-35)48(4,5)6/h10-28H,1-9H3. The Morgan fingerprint density at radius 3 is 1.87 bits per heavy atom. The summed E-state index contributed by atoms with van der Waals surface area (Å²) >= 11 is 1.98. The molecule has 52 heavy (non-hydrogen) atoms. The maximum atomic E-state index is 2.57. The average Bonchev–Trinajstić information content (AvgIpc) is 3.48. The lowest BCUT2D eigenvalue weighted by atomic mass is 9.32. The fourth-order valence-electron chi connectivity index (χ4n) is 8.86. The summed E-state index contributed by atoms with van der Waals surface area (Å²) in [5.74, 6) is 0. The van der Waals surface area contributed by atoms with Gasteiger partial charge in [0.1, 0.15) is 0 Å². The molecule has 2 aliphatic heterocycles. The van der Waals surface area contributed by atoms with Crippen molar-refractivity contribution in [1.82, 2.24) is 0 Å². The van der Waals surface area contributed by atoms with Gasteiger partial charge in [0.2, 0.25) is 6.71 Å². The van der Waals surface area contributed by atoms with Crippen LogP contribution in [-0.4, -0.2) is 6.71 Å². The summed E-state index contributed by atoms with van der Waals surface area (Å²) in [7, 11) is 0. The third-order valence-corrected chi connectivity index (χ3v) is 12.8. The molecule has 3 heterocycles. The lowest BCUT2D eigenvalue weighted by Crippen LogP contribution is -2.59. The molecule has 0 fully saturated rings. The molecule has 0 saturated carbocycles. The summed E-state index contributed by atoms with van der Waals surface area (Å²) in [6, 6.07) is 44.3. The Morgan fingerprint density at radius 2 is 1.17 bits per heavy atom. The first-order chi connectivity index (χ1) is 24.8. The van der Waals surface area contributed by atoms with E-state index in [9.17, 15) is 0 Å². The number of rotatable bonds is 3. The van der Waals surface area contributed by atoms with Crippen LogP contribution in [0.5, 0.6) is 0 Å². The number of nitrogens with zero attached hydrogens (tertiary/aromatic N) is 1. The minimum Gasteiger partial charge on any atom is -0.311 e. The van der Waals surface area contributed by atoms with Crippen LogP contribution in [0.2, 0.25) is 0 Å². The summed E-state index contributed by atoms with van der Waals surface area (Å²) in [6.45, 7) is 20.8. The third kappa shape index (κ3) is 4.96. The topological polar surface area (TPSA) is 3.24 Å². The lowest BCUT2D eigenvalue weighted by Gasteiger charge is -2.41. The average molecular weight is 692 g/mol. The van der Waals surface area contributed by atoms with Gasteiger partial charge in [-0.2, -0.15) is 0 Å². The molecule has 0 saturated heterocycles. The number of fused-ring (bicyclic) bond motifs is 4. The highest BCUT2D eigenvalue weighted by Crippen LogP contribution is 2.48. The normalized spacial score (nSPS) is 13.4. The highest BCUT2D eigenvalue weighted by Gasteiger charge is 2.44. The van der Waals surface area contributed by atoms with Gasteiger partial charge in [0, 0.05) is 26.6 Å². The van der Waals surface area contributed by atoms with E-state index in [0.717, 1.165) is 0 Å². The molecule has 0 unspecified atom stereocenters. The fraction of sp³-hybridized carbons (Fsp3) is 0.224. The Morgan fingerprint density at radius 1 is 0.538 bits per heavy atom. The van der Waals surface area contributed by atoms with Crippen molar-refractivity contribution in [2.75, 3.05) is 4.90 Å². The SMILES string of the molecule is Cc1ccccc1-c1cc2c3c(c1)N(c1ccc(C(C)(C)C)cc1)c1ccc(C(C)(C)C)cc1B3c1c(-c3c(C)cccc3C)sc3cccc-2c13. The van der Waals surface area contributed by atoms with Gasteiger partial charge in [-0.05, 0) is 145 Å². The van der Waals surface area contributed by atoms with Crippen LogP contribution in [0.4, 0.5) is 17.1 Å². The van der Waals surface area contributed by atoms with E-state index in [2.05, 4.69) is 182 Å². The molecular formula is C49H46BNS. The monoisotopic (exact) mass is 691 g/mol. The van der Waals surface area contributed by atoms with Crippen LogP contribution in [0.25, 0.3) is 42.8 Å². The molecule has 0 aliphatic carbocycles. The van der Waals surface area contributed by atoms with Gasteiger partial charge in [-0.3, -0.25) is 0 Å². The maximum Gasteiger partial charge on any atom is 0.250 e. The van der Waals surface area contributed by atoms with E-state index in [1.807, 2.05) is 11.3 Å². The molecule has 7 aromatic rings. The molecule has 0 atom stereocenters. The van der Waals surface area contributed by atoms with E-state index in [-0.39, 0.29) is 17.5 Å². The van der Waals surface area contributed by atoms with Gasteiger partial charge >= 0.3 is 0 Å². The highest BCUT2D eigenvalue weighted by molar-refractivity contribution is 7.26. The Labute approximate surface area is 314 Å². The third-order valence-electron chi connectivity index (χ3n) is 11.6. The van der Waals surface area contributed by atoms with Crippen molar-refractivity contribution in [3.05, 3.63) is 143 Å². The van der Waals surface area contributed by atoms with Gasteiger partial charge in [-0.1, -0.05) is 120 Å². The molecule has 1 aromatic heterocycles. The Bertz CT molecular complexity index is 2550. The second-order valence-electron chi connectivity index (χ2n) is 17.2. The first-order valence-corrected chi connectivity index (χ1v) is 19.5. The van der Waals surface area contributed by atoms with Crippen molar-refractivity contribution < 1.29 is 0 Å². The molecule has 9 rings (SSSR count). The zero-order chi connectivity index (χ0) is 36.3. The van der Waals surface area contributed by atoms with Crippen LogP contribution >= 0.6 is 11.3 Å². The highest BCUT2D eigenvalue weighted by atomic mass is 32.1. The number of thiophene rings is 1. The molecule has 0 N–H and O–H groups in total. The Hall–Kier alpha value is -4.86. The summed E-state index contributed by atoms with van der Waals surface area (Å²) in [4.78, 5) is 3.99. The first-order valence-electron chi connectivity index (χ1n) is 18.7. The second-order valence-corrected chi connectivity index (χ2v) is 18.2. The predicted octanol–water partition coefficient (Wildman–Crippen LogP) is 12.0. The van der Waals surface area contributed by atoms with E-state index in [4.69, 9.17) is 0 Å².